The number of nitro groups is 1. The van der Waals surface area contributed by atoms with Crippen LogP contribution in [0.2, 0.25) is 0 Å². The second-order valence-corrected chi connectivity index (χ2v) is 4.89. The third-order valence-electron chi connectivity index (χ3n) is 2.80. The van der Waals surface area contributed by atoms with Crippen molar-refractivity contribution in [3.63, 3.8) is 0 Å². The lowest BCUT2D eigenvalue weighted by Gasteiger charge is -2.25. The minimum Gasteiger partial charge on any atom is -0.363 e. The smallest absolute Gasteiger partial charge is 0.270 e. The summed E-state index contributed by atoms with van der Waals surface area (Å²) in [5.41, 5.74) is 5.97. The third kappa shape index (κ3) is 2.76. The Hall–Kier alpha value is -2.28. The molecule has 0 radical (unpaired) electrons. The molecule has 0 fully saturated rings. The third-order valence-corrected chi connectivity index (χ3v) is 2.80. The van der Waals surface area contributed by atoms with Crippen LogP contribution in [-0.2, 0) is 0 Å². The van der Waals surface area contributed by atoms with Crippen molar-refractivity contribution in [1.29, 1.82) is 0 Å². The molecule has 1 heterocycles. The number of rotatable bonds is 4. The molecule has 0 atom stereocenters. The largest absolute Gasteiger partial charge is 0.363 e. The molecule has 0 aliphatic heterocycles. The summed E-state index contributed by atoms with van der Waals surface area (Å²) in [5.74, 6) is 0.546. The number of hydrogen-bond donors (Lipinski definition) is 2. The molecule has 100 valence electrons. The maximum Gasteiger partial charge on any atom is 0.270 e. The highest BCUT2D eigenvalue weighted by molar-refractivity contribution is 5.90. The molecule has 0 saturated heterocycles. The molecule has 1 aromatic carbocycles. The minimum atomic E-state index is -0.440. The van der Waals surface area contributed by atoms with Crippen molar-refractivity contribution in [1.82, 2.24) is 9.97 Å². The monoisotopic (exact) mass is 261 g/mol. The van der Waals surface area contributed by atoms with Crippen molar-refractivity contribution < 1.29 is 4.92 Å². The van der Waals surface area contributed by atoms with E-state index in [1.54, 1.807) is 6.07 Å². The second kappa shape index (κ2) is 4.77. The van der Waals surface area contributed by atoms with Crippen LogP contribution in [0.3, 0.4) is 0 Å². The van der Waals surface area contributed by atoms with Gasteiger partial charge in [0, 0.05) is 29.6 Å². The fraction of sp³-hybridized carbons (Fsp3) is 0.333. The molecule has 0 aliphatic rings. The summed E-state index contributed by atoms with van der Waals surface area (Å²) in [7, 11) is 0. The first kappa shape index (κ1) is 13.2. The SMILES string of the molecule is CC(C)(CN)Nc1ncnc2ccc([N+](=O)[O-])cc12. The Morgan fingerprint density at radius 3 is 2.79 bits per heavy atom. The molecular weight excluding hydrogens is 246 g/mol. The van der Waals surface area contributed by atoms with Crippen molar-refractivity contribution in [3.05, 3.63) is 34.6 Å². The Morgan fingerprint density at radius 1 is 1.42 bits per heavy atom. The van der Waals surface area contributed by atoms with Crippen molar-refractivity contribution in [2.24, 2.45) is 5.73 Å². The van der Waals surface area contributed by atoms with E-state index < -0.39 is 4.92 Å². The molecule has 19 heavy (non-hydrogen) atoms. The van der Waals surface area contributed by atoms with Crippen LogP contribution in [0.5, 0.6) is 0 Å². The summed E-state index contributed by atoms with van der Waals surface area (Å²) >= 11 is 0. The Balaban J connectivity index is 2.54. The van der Waals surface area contributed by atoms with Gasteiger partial charge in [-0.15, -0.1) is 0 Å². The molecule has 3 N–H and O–H groups in total. The standard InChI is InChI=1S/C12H15N5O2/c1-12(2,6-13)16-11-9-5-8(17(18)19)3-4-10(9)14-7-15-11/h3-5,7H,6,13H2,1-2H3,(H,14,15,16). The average molecular weight is 261 g/mol. The summed E-state index contributed by atoms with van der Waals surface area (Å²) in [6.45, 7) is 4.27. The zero-order chi connectivity index (χ0) is 14.0. The van der Waals surface area contributed by atoms with Crippen LogP contribution in [0.25, 0.3) is 10.9 Å². The number of fused-ring (bicyclic) bond motifs is 1. The van der Waals surface area contributed by atoms with E-state index >= 15 is 0 Å². The van der Waals surface area contributed by atoms with Gasteiger partial charge in [0.1, 0.15) is 12.1 Å². The van der Waals surface area contributed by atoms with Gasteiger partial charge in [-0.05, 0) is 19.9 Å². The molecule has 7 heteroatoms. The summed E-state index contributed by atoms with van der Waals surface area (Å²) in [6, 6.07) is 4.49. The normalized spacial score (nSPS) is 11.5. The minimum absolute atomic E-state index is 0.0101. The van der Waals surface area contributed by atoms with Gasteiger partial charge in [-0.2, -0.15) is 0 Å². The summed E-state index contributed by atoms with van der Waals surface area (Å²) in [6.07, 6.45) is 1.42. The highest BCUT2D eigenvalue weighted by Crippen LogP contribution is 2.25. The molecule has 0 amide bonds. The van der Waals surface area contributed by atoms with Gasteiger partial charge < -0.3 is 11.1 Å². The quantitative estimate of drug-likeness (QED) is 0.640. The number of nitro benzene ring substituents is 1. The molecule has 2 rings (SSSR count). The van der Waals surface area contributed by atoms with E-state index in [9.17, 15) is 10.1 Å². The first-order valence-electron chi connectivity index (χ1n) is 5.80. The maximum atomic E-state index is 10.8. The van der Waals surface area contributed by atoms with E-state index in [4.69, 9.17) is 5.73 Å². The molecule has 0 aliphatic carbocycles. The van der Waals surface area contributed by atoms with Gasteiger partial charge in [0.05, 0.1) is 10.4 Å². The Labute approximate surface area is 110 Å². The van der Waals surface area contributed by atoms with Gasteiger partial charge in [-0.1, -0.05) is 0 Å². The number of non-ortho nitro benzene ring substituents is 1. The number of aromatic nitrogens is 2. The lowest BCUT2D eigenvalue weighted by atomic mass is 10.1. The number of anilines is 1. The molecule has 0 bridgehead atoms. The van der Waals surface area contributed by atoms with E-state index in [0.29, 0.717) is 23.3 Å². The lowest BCUT2D eigenvalue weighted by molar-refractivity contribution is -0.384. The molecule has 1 aromatic heterocycles. The first-order valence-corrected chi connectivity index (χ1v) is 5.80. The van der Waals surface area contributed by atoms with Crippen LogP contribution >= 0.6 is 0 Å². The topological polar surface area (TPSA) is 107 Å². The molecule has 0 unspecified atom stereocenters. The zero-order valence-corrected chi connectivity index (χ0v) is 10.8. The summed E-state index contributed by atoms with van der Waals surface area (Å²) < 4.78 is 0. The maximum absolute atomic E-state index is 10.8. The Morgan fingerprint density at radius 2 is 2.16 bits per heavy atom. The van der Waals surface area contributed by atoms with Gasteiger partial charge in [0.2, 0.25) is 0 Å². The number of nitrogens with zero attached hydrogens (tertiary/aromatic N) is 3. The molecular formula is C12H15N5O2. The zero-order valence-electron chi connectivity index (χ0n) is 10.8. The van der Waals surface area contributed by atoms with Crippen LogP contribution in [0.15, 0.2) is 24.5 Å². The van der Waals surface area contributed by atoms with Crippen LogP contribution in [0.1, 0.15) is 13.8 Å². The number of nitrogens with two attached hydrogens (primary N) is 1. The molecule has 2 aromatic rings. The van der Waals surface area contributed by atoms with Gasteiger partial charge >= 0.3 is 0 Å². The lowest BCUT2D eigenvalue weighted by Crippen LogP contribution is -2.39. The Kier molecular flexibility index (Phi) is 3.30. The van der Waals surface area contributed by atoms with Crippen molar-refractivity contribution >= 4 is 22.4 Å². The first-order chi connectivity index (χ1) is 8.93. The van der Waals surface area contributed by atoms with Crippen LogP contribution in [-0.4, -0.2) is 27.0 Å². The predicted octanol–water partition coefficient (Wildman–Crippen LogP) is 1.69. The van der Waals surface area contributed by atoms with E-state index in [0.717, 1.165) is 0 Å². The van der Waals surface area contributed by atoms with E-state index in [2.05, 4.69) is 15.3 Å². The fourth-order valence-corrected chi connectivity index (χ4v) is 1.63. The second-order valence-electron chi connectivity index (χ2n) is 4.89. The van der Waals surface area contributed by atoms with Gasteiger partial charge in [-0.25, -0.2) is 9.97 Å². The van der Waals surface area contributed by atoms with E-state index in [1.165, 1.54) is 18.5 Å². The van der Waals surface area contributed by atoms with E-state index in [1.807, 2.05) is 13.8 Å². The number of benzene rings is 1. The number of nitrogens with one attached hydrogen (secondary N) is 1. The summed E-state index contributed by atoms with van der Waals surface area (Å²) in [5, 5.41) is 14.6. The van der Waals surface area contributed by atoms with Crippen molar-refractivity contribution in [3.8, 4) is 0 Å². The van der Waals surface area contributed by atoms with Gasteiger partial charge in [0.15, 0.2) is 0 Å². The van der Waals surface area contributed by atoms with E-state index in [-0.39, 0.29) is 11.2 Å². The highest BCUT2D eigenvalue weighted by atomic mass is 16.6. The van der Waals surface area contributed by atoms with Crippen LogP contribution < -0.4 is 11.1 Å². The van der Waals surface area contributed by atoms with Crippen LogP contribution in [0, 0.1) is 10.1 Å². The average Bonchev–Trinajstić information content (AvgIpc) is 2.38. The molecule has 0 saturated carbocycles. The highest BCUT2D eigenvalue weighted by Gasteiger charge is 2.18. The Bertz CT molecular complexity index is 627. The number of hydrogen-bond acceptors (Lipinski definition) is 6. The van der Waals surface area contributed by atoms with Gasteiger partial charge in [-0.3, -0.25) is 10.1 Å². The summed E-state index contributed by atoms with van der Waals surface area (Å²) in [4.78, 5) is 18.6. The van der Waals surface area contributed by atoms with Crippen molar-refractivity contribution in [2.45, 2.75) is 19.4 Å². The molecule has 7 nitrogen and oxygen atoms in total. The fourth-order valence-electron chi connectivity index (χ4n) is 1.63. The van der Waals surface area contributed by atoms with Gasteiger partial charge in [0.25, 0.3) is 5.69 Å². The molecule has 0 spiro atoms. The van der Waals surface area contributed by atoms with Crippen LogP contribution in [0.4, 0.5) is 11.5 Å². The predicted molar refractivity (Wildman–Crippen MR) is 72.9 cm³/mol. The van der Waals surface area contributed by atoms with Crippen molar-refractivity contribution in [2.75, 3.05) is 11.9 Å².